The molecule has 2 amide bonds. The topological polar surface area (TPSA) is 106 Å². The third-order valence-corrected chi connectivity index (χ3v) is 4.53. The van der Waals surface area contributed by atoms with E-state index in [1.54, 1.807) is 0 Å². The Morgan fingerprint density at radius 1 is 1.14 bits per heavy atom. The van der Waals surface area contributed by atoms with Gasteiger partial charge in [-0.3, -0.25) is 14.4 Å². The molecule has 6 heteroatoms. The third kappa shape index (κ3) is 4.06. The molecule has 2 unspecified atom stereocenters. The molecule has 0 aliphatic heterocycles. The van der Waals surface area contributed by atoms with Crippen molar-refractivity contribution in [1.82, 2.24) is 4.90 Å². The minimum Gasteiger partial charge on any atom is -0.368 e. The molecule has 0 heterocycles. The number of ketones is 1. The fraction of sp³-hybridized carbons (Fsp3) is 0.812. The molecule has 1 aliphatic carbocycles. The van der Waals surface area contributed by atoms with E-state index in [1.165, 1.54) is 11.9 Å². The van der Waals surface area contributed by atoms with Crippen molar-refractivity contribution >= 4 is 17.6 Å². The number of Topliss-reactive ketones (excluding diaryl/α,β-unsaturated/α-hetero) is 1. The van der Waals surface area contributed by atoms with Gasteiger partial charge >= 0.3 is 0 Å². The normalized spacial score (nSPS) is 23.7. The molecule has 0 radical (unpaired) electrons. The van der Waals surface area contributed by atoms with Gasteiger partial charge in [0.1, 0.15) is 11.8 Å². The van der Waals surface area contributed by atoms with Gasteiger partial charge < -0.3 is 16.4 Å². The maximum atomic E-state index is 12.8. The van der Waals surface area contributed by atoms with Crippen LogP contribution in [0, 0.1) is 17.3 Å². The lowest BCUT2D eigenvalue weighted by molar-refractivity contribution is -0.148. The fourth-order valence-corrected chi connectivity index (χ4v) is 3.18. The van der Waals surface area contributed by atoms with E-state index in [2.05, 4.69) is 0 Å². The Labute approximate surface area is 132 Å². The summed E-state index contributed by atoms with van der Waals surface area (Å²) in [7, 11) is 1.54. The minimum absolute atomic E-state index is 0.0117. The first-order chi connectivity index (χ1) is 10.1. The maximum Gasteiger partial charge on any atom is 0.241 e. The van der Waals surface area contributed by atoms with Crippen molar-refractivity contribution in [2.75, 3.05) is 13.6 Å². The molecule has 0 spiro atoms. The quantitative estimate of drug-likeness (QED) is 0.778. The zero-order chi connectivity index (χ0) is 17.1. The Balaban J connectivity index is 2.97. The Morgan fingerprint density at radius 2 is 1.64 bits per heavy atom. The molecule has 1 fully saturated rings. The maximum absolute atomic E-state index is 12.8. The van der Waals surface area contributed by atoms with Crippen molar-refractivity contribution < 1.29 is 14.4 Å². The van der Waals surface area contributed by atoms with Crippen LogP contribution < -0.4 is 11.5 Å². The first kappa shape index (κ1) is 18.6. The summed E-state index contributed by atoms with van der Waals surface area (Å²) in [6.45, 7) is 5.62. The van der Waals surface area contributed by atoms with Crippen LogP contribution in [0.5, 0.6) is 0 Å². The lowest BCUT2D eigenvalue weighted by atomic mass is 9.70. The third-order valence-electron chi connectivity index (χ3n) is 4.53. The van der Waals surface area contributed by atoms with Crippen LogP contribution >= 0.6 is 0 Å². The van der Waals surface area contributed by atoms with Gasteiger partial charge in [-0.05, 0) is 12.8 Å². The Hall–Kier alpha value is -1.43. The highest BCUT2D eigenvalue weighted by molar-refractivity contribution is 5.93. The van der Waals surface area contributed by atoms with Crippen molar-refractivity contribution in [2.24, 2.45) is 28.7 Å². The lowest BCUT2D eigenvalue weighted by Crippen LogP contribution is -2.53. The molecule has 1 aliphatic rings. The molecule has 1 rings (SSSR count). The average Bonchev–Trinajstić information content (AvgIpc) is 2.44. The summed E-state index contributed by atoms with van der Waals surface area (Å²) in [5.74, 6) is -1.36. The van der Waals surface area contributed by atoms with Crippen molar-refractivity contribution in [3.63, 3.8) is 0 Å². The van der Waals surface area contributed by atoms with Gasteiger partial charge in [-0.25, -0.2) is 0 Å². The Kier molecular flexibility index (Phi) is 6.11. The molecule has 0 saturated heterocycles. The molecule has 3 atom stereocenters. The van der Waals surface area contributed by atoms with E-state index in [4.69, 9.17) is 11.5 Å². The van der Waals surface area contributed by atoms with Crippen LogP contribution in [-0.2, 0) is 14.4 Å². The molecular weight excluding hydrogens is 282 g/mol. The van der Waals surface area contributed by atoms with Gasteiger partial charge in [-0.2, -0.15) is 0 Å². The molecular formula is C16H29N3O3. The van der Waals surface area contributed by atoms with Crippen LogP contribution in [0.1, 0.15) is 46.5 Å². The monoisotopic (exact) mass is 311 g/mol. The molecule has 1 saturated carbocycles. The summed E-state index contributed by atoms with van der Waals surface area (Å²) >= 11 is 0. The molecule has 0 aromatic carbocycles. The number of hydrogen-bond acceptors (Lipinski definition) is 4. The second-order valence-electron chi connectivity index (χ2n) is 7.21. The highest BCUT2D eigenvalue weighted by atomic mass is 16.2. The van der Waals surface area contributed by atoms with Gasteiger partial charge in [0, 0.05) is 30.8 Å². The smallest absolute Gasteiger partial charge is 0.241 e. The van der Waals surface area contributed by atoms with E-state index in [0.29, 0.717) is 6.42 Å². The number of carbonyl (C=O) groups excluding carboxylic acids is 3. The predicted molar refractivity (Wildman–Crippen MR) is 84.7 cm³/mol. The second kappa shape index (κ2) is 7.22. The molecule has 4 N–H and O–H groups in total. The van der Waals surface area contributed by atoms with E-state index in [0.717, 1.165) is 19.3 Å². The van der Waals surface area contributed by atoms with E-state index in [9.17, 15) is 14.4 Å². The van der Waals surface area contributed by atoms with Crippen LogP contribution in [-0.4, -0.2) is 42.1 Å². The van der Waals surface area contributed by atoms with E-state index in [1.807, 2.05) is 20.8 Å². The highest BCUT2D eigenvalue weighted by Gasteiger charge is 2.42. The van der Waals surface area contributed by atoms with Crippen LogP contribution in [0.25, 0.3) is 0 Å². The van der Waals surface area contributed by atoms with Gasteiger partial charge in [0.05, 0.1) is 0 Å². The van der Waals surface area contributed by atoms with Gasteiger partial charge in [-0.1, -0.05) is 33.6 Å². The average molecular weight is 311 g/mol. The van der Waals surface area contributed by atoms with E-state index >= 15 is 0 Å². The number of likely N-dealkylation sites (N-methyl/N-ethyl adjacent to an activating group) is 1. The zero-order valence-corrected chi connectivity index (χ0v) is 14.1. The van der Waals surface area contributed by atoms with Crippen LogP contribution in [0.15, 0.2) is 0 Å². The number of amides is 2. The molecule has 6 nitrogen and oxygen atoms in total. The van der Waals surface area contributed by atoms with Crippen molar-refractivity contribution in [1.29, 1.82) is 0 Å². The number of primary amides is 1. The summed E-state index contributed by atoms with van der Waals surface area (Å²) in [5, 5.41) is 0. The largest absolute Gasteiger partial charge is 0.368 e. The fourth-order valence-electron chi connectivity index (χ4n) is 3.18. The molecule has 22 heavy (non-hydrogen) atoms. The van der Waals surface area contributed by atoms with Crippen LogP contribution in [0.2, 0.25) is 0 Å². The Bertz CT molecular complexity index is 442. The summed E-state index contributed by atoms with van der Waals surface area (Å²) < 4.78 is 0. The van der Waals surface area contributed by atoms with Gasteiger partial charge in [0.25, 0.3) is 0 Å². The summed E-state index contributed by atoms with van der Waals surface area (Å²) in [6.07, 6.45) is 3.27. The van der Waals surface area contributed by atoms with Crippen molar-refractivity contribution in [3.8, 4) is 0 Å². The number of nitrogens with zero attached hydrogens (tertiary/aromatic N) is 1. The lowest BCUT2D eigenvalue weighted by Gasteiger charge is -2.37. The number of rotatable bonds is 5. The zero-order valence-electron chi connectivity index (χ0n) is 14.1. The molecule has 126 valence electrons. The summed E-state index contributed by atoms with van der Waals surface area (Å²) in [4.78, 5) is 38.1. The standard InChI is InChI=1S/C16H29N3O3/c1-16(2,3)13(20)10-7-5-6-8-11(10)15(22)19(4)12(9-17)14(18)21/h10-12H,5-9,17H2,1-4H3,(H2,18,21)/t10?,11?,12-/m1/s1. The first-order valence-corrected chi connectivity index (χ1v) is 7.91. The molecule has 0 aromatic rings. The van der Waals surface area contributed by atoms with Gasteiger partial charge in [-0.15, -0.1) is 0 Å². The van der Waals surface area contributed by atoms with E-state index < -0.39 is 17.4 Å². The minimum atomic E-state index is -0.820. The van der Waals surface area contributed by atoms with Gasteiger partial charge in [0.2, 0.25) is 11.8 Å². The van der Waals surface area contributed by atoms with Crippen molar-refractivity contribution in [2.45, 2.75) is 52.5 Å². The first-order valence-electron chi connectivity index (χ1n) is 7.91. The predicted octanol–water partition coefficient (Wildman–Crippen LogP) is 0.679. The highest BCUT2D eigenvalue weighted by Crippen LogP contribution is 2.36. The van der Waals surface area contributed by atoms with Crippen LogP contribution in [0.3, 0.4) is 0 Å². The Morgan fingerprint density at radius 3 is 2.05 bits per heavy atom. The molecule has 0 bridgehead atoms. The number of hydrogen-bond donors (Lipinski definition) is 2. The molecule has 0 aromatic heterocycles. The second-order valence-corrected chi connectivity index (χ2v) is 7.21. The number of nitrogens with two attached hydrogens (primary N) is 2. The van der Waals surface area contributed by atoms with Crippen molar-refractivity contribution in [3.05, 3.63) is 0 Å². The van der Waals surface area contributed by atoms with Gasteiger partial charge in [0.15, 0.2) is 0 Å². The summed E-state index contributed by atoms with van der Waals surface area (Å²) in [6, 6.07) is -0.820. The van der Waals surface area contributed by atoms with Crippen LogP contribution in [0.4, 0.5) is 0 Å². The SMILES string of the molecule is CN(C(=O)C1CCCCC1C(=O)C(C)(C)C)[C@H](CN)C(N)=O. The van der Waals surface area contributed by atoms with E-state index in [-0.39, 0.29) is 30.1 Å². The summed E-state index contributed by atoms with van der Waals surface area (Å²) in [5.41, 5.74) is 10.4. The number of carbonyl (C=O) groups is 3.